The normalized spacial score (nSPS) is 10.5. The third kappa shape index (κ3) is 3.85. The van der Waals surface area contributed by atoms with Gasteiger partial charge in [0.05, 0.1) is 6.61 Å². The minimum atomic E-state index is -0.119. The molecular formula is C18H18N4O2. The van der Waals surface area contributed by atoms with Crippen molar-refractivity contribution < 1.29 is 9.53 Å². The van der Waals surface area contributed by atoms with Crippen molar-refractivity contribution in [1.82, 2.24) is 19.9 Å². The molecule has 0 saturated heterocycles. The number of imidazole rings is 1. The summed E-state index contributed by atoms with van der Waals surface area (Å²) in [6.07, 6.45) is 6.97. The summed E-state index contributed by atoms with van der Waals surface area (Å²) >= 11 is 0. The third-order valence-corrected chi connectivity index (χ3v) is 3.53. The third-order valence-electron chi connectivity index (χ3n) is 3.53. The van der Waals surface area contributed by atoms with Crippen LogP contribution in [0.3, 0.4) is 0 Å². The molecule has 1 aromatic carbocycles. The van der Waals surface area contributed by atoms with E-state index in [1.807, 2.05) is 41.1 Å². The van der Waals surface area contributed by atoms with E-state index in [0.29, 0.717) is 18.7 Å². The maximum Gasteiger partial charge on any atom is 0.251 e. The van der Waals surface area contributed by atoms with Crippen molar-refractivity contribution in [2.45, 2.75) is 13.2 Å². The summed E-state index contributed by atoms with van der Waals surface area (Å²) in [5.41, 5.74) is 2.52. The molecule has 0 aliphatic heterocycles. The average Bonchev–Trinajstić information content (AvgIpc) is 3.15. The van der Waals surface area contributed by atoms with E-state index in [-0.39, 0.29) is 5.91 Å². The number of aromatic nitrogens is 3. The lowest BCUT2D eigenvalue weighted by molar-refractivity contribution is 0.0950. The van der Waals surface area contributed by atoms with E-state index in [4.69, 9.17) is 4.74 Å². The van der Waals surface area contributed by atoms with Crippen molar-refractivity contribution in [3.05, 3.63) is 78.0 Å². The van der Waals surface area contributed by atoms with Crippen LogP contribution in [0.25, 0.3) is 5.82 Å². The number of rotatable bonds is 6. The maximum atomic E-state index is 12.2. The Morgan fingerprint density at radius 2 is 2.17 bits per heavy atom. The molecule has 0 aliphatic carbocycles. The van der Waals surface area contributed by atoms with Crippen LogP contribution < -0.4 is 5.32 Å². The van der Waals surface area contributed by atoms with Gasteiger partial charge in [0, 0.05) is 37.8 Å². The predicted molar refractivity (Wildman–Crippen MR) is 89.7 cm³/mol. The van der Waals surface area contributed by atoms with Crippen LogP contribution in [0.15, 0.2) is 61.3 Å². The first-order chi connectivity index (χ1) is 11.8. The average molecular weight is 322 g/mol. The zero-order chi connectivity index (χ0) is 16.8. The van der Waals surface area contributed by atoms with Gasteiger partial charge in [-0.3, -0.25) is 9.36 Å². The molecule has 122 valence electrons. The summed E-state index contributed by atoms with van der Waals surface area (Å²) in [7, 11) is 1.63. The number of hydrogen-bond donors (Lipinski definition) is 1. The Kier molecular flexibility index (Phi) is 4.98. The minimum absolute atomic E-state index is 0.119. The molecule has 0 radical (unpaired) electrons. The highest BCUT2D eigenvalue weighted by molar-refractivity contribution is 5.94. The summed E-state index contributed by atoms with van der Waals surface area (Å²) in [6.45, 7) is 0.908. The Morgan fingerprint density at radius 3 is 2.88 bits per heavy atom. The van der Waals surface area contributed by atoms with Crippen LogP contribution in [-0.4, -0.2) is 27.6 Å². The molecule has 6 nitrogen and oxygen atoms in total. The Bertz CT molecular complexity index is 798. The first-order valence-electron chi connectivity index (χ1n) is 7.55. The van der Waals surface area contributed by atoms with Gasteiger partial charge in [-0.05, 0) is 29.3 Å². The Morgan fingerprint density at radius 1 is 1.25 bits per heavy atom. The van der Waals surface area contributed by atoms with Gasteiger partial charge in [-0.25, -0.2) is 9.97 Å². The van der Waals surface area contributed by atoms with E-state index in [9.17, 15) is 4.79 Å². The number of ether oxygens (including phenoxy) is 1. The molecular weight excluding hydrogens is 304 g/mol. The van der Waals surface area contributed by atoms with E-state index in [1.54, 1.807) is 31.9 Å². The fraction of sp³-hybridized carbons (Fsp3) is 0.167. The number of nitrogens with one attached hydrogen (secondary N) is 1. The summed E-state index contributed by atoms with van der Waals surface area (Å²) < 4.78 is 6.91. The molecule has 3 aromatic rings. The van der Waals surface area contributed by atoms with Gasteiger partial charge in [0.1, 0.15) is 12.1 Å². The number of methoxy groups -OCH3 is 1. The van der Waals surface area contributed by atoms with Crippen LogP contribution in [0, 0.1) is 0 Å². The van der Waals surface area contributed by atoms with Gasteiger partial charge in [-0.1, -0.05) is 18.2 Å². The Hall–Kier alpha value is -2.99. The molecule has 0 fully saturated rings. The van der Waals surface area contributed by atoms with Crippen LogP contribution in [-0.2, 0) is 17.9 Å². The van der Waals surface area contributed by atoms with Gasteiger partial charge in [-0.15, -0.1) is 0 Å². The summed E-state index contributed by atoms with van der Waals surface area (Å²) in [6, 6.07) is 11.2. The van der Waals surface area contributed by atoms with Crippen LogP contribution >= 0.6 is 0 Å². The predicted octanol–water partition coefficient (Wildman–Crippen LogP) is 2.34. The molecule has 0 unspecified atom stereocenters. The van der Waals surface area contributed by atoms with E-state index in [0.717, 1.165) is 16.9 Å². The number of hydrogen-bond acceptors (Lipinski definition) is 4. The van der Waals surface area contributed by atoms with Crippen molar-refractivity contribution in [1.29, 1.82) is 0 Å². The molecule has 0 saturated carbocycles. The van der Waals surface area contributed by atoms with Crippen molar-refractivity contribution >= 4 is 5.91 Å². The fourth-order valence-corrected chi connectivity index (χ4v) is 2.32. The summed E-state index contributed by atoms with van der Waals surface area (Å²) in [5.74, 6) is 0.668. The highest BCUT2D eigenvalue weighted by Crippen LogP contribution is 2.08. The van der Waals surface area contributed by atoms with Crippen LogP contribution in [0.2, 0.25) is 0 Å². The van der Waals surface area contributed by atoms with Crippen molar-refractivity contribution in [3.63, 3.8) is 0 Å². The van der Waals surface area contributed by atoms with Gasteiger partial charge in [-0.2, -0.15) is 0 Å². The molecule has 24 heavy (non-hydrogen) atoms. The molecule has 2 aromatic heterocycles. The van der Waals surface area contributed by atoms with Gasteiger partial charge in [0.2, 0.25) is 0 Å². The van der Waals surface area contributed by atoms with Crippen molar-refractivity contribution in [2.75, 3.05) is 7.11 Å². The Labute approximate surface area is 140 Å². The number of benzene rings is 1. The standard InChI is InChI=1S/C18H18N4O2/c1-24-12-14-3-2-4-16(9-14)18(23)21-11-15-5-6-17(20-10-15)22-8-7-19-13-22/h2-10,13H,11-12H2,1H3,(H,21,23). The van der Waals surface area contributed by atoms with E-state index < -0.39 is 0 Å². The van der Waals surface area contributed by atoms with Gasteiger partial charge >= 0.3 is 0 Å². The zero-order valence-electron chi connectivity index (χ0n) is 13.3. The number of carbonyl (C=O) groups is 1. The summed E-state index contributed by atoms with van der Waals surface area (Å²) in [4.78, 5) is 20.6. The fourth-order valence-electron chi connectivity index (χ4n) is 2.32. The molecule has 1 amide bonds. The van der Waals surface area contributed by atoms with Crippen LogP contribution in [0.5, 0.6) is 0 Å². The molecule has 0 bridgehead atoms. The zero-order valence-corrected chi connectivity index (χ0v) is 13.3. The van der Waals surface area contributed by atoms with E-state index in [2.05, 4.69) is 15.3 Å². The lowest BCUT2D eigenvalue weighted by Crippen LogP contribution is -2.23. The van der Waals surface area contributed by atoms with E-state index >= 15 is 0 Å². The van der Waals surface area contributed by atoms with Gasteiger partial charge < -0.3 is 10.1 Å². The molecule has 3 rings (SSSR count). The molecule has 0 atom stereocenters. The molecule has 2 heterocycles. The second-order valence-electron chi connectivity index (χ2n) is 5.31. The lowest BCUT2D eigenvalue weighted by Gasteiger charge is -2.08. The number of pyridine rings is 1. The Balaban J connectivity index is 1.61. The van der Waals surface area contributed by atoms with Gasteiger partial charge in [0.15, 0.2) is 0 Å². The molecule has 0 aliphatic rings. The number of amides is 1. The van der Waals surface area contributed by atoms with Gasteiger partial charge in [0.25, 0.3) is 5.91 Å². The topological polar surface area (TPSA) is 69.0 Å². The van der Waals surface area contributed by atoms with Crippen LogP contribution in [0.1, 0.15) is 21.5 Å². The second-order valence-corrected chi connectivity index (χ2v) is 5.31. The molecule has 6 heteroatoms. The minimum Gasteiger partial charge on any atom is -0.380 e. The quantitative estimate of drug-likeness (QED) is 0.756. The first-order valence-corrected chi connectivity index (χ1v) is 7.55. The number of carbonyl (C=O) groups excluding carboxylic acids is 1. The highest BCUT2D eigenvalue weighted by atomic mass is 16.5. The molecule has 1 N–H and O–H groups in total. The second kappa shape index (κ2) is 7.52. The maximum absolute atomic E-state index is 12.2. The highest BCUT2D eigenvalue weighted by Gasteiger charge is 2.06. The van der Waals surface area contributed by atoms with Crippen molar-refractivity contribution in [3.8, 4) is 5.82 Å². The first kappa shape index (κ1) is 15.9. The largest absolute Gasteiger partial charge is 0.380 e. The SMILES string of the molecule is COCc1cccc(C(=O)NCc2ccc(-n3ccnc3)nc2)c1. The van der Waals surface area contributed by atoms with Crippen molar-refractivity contribution in [2.24, 2.45) is 0 Å². The van der Waals surface area contributed by atoms with E-state index in [1.165, 1.54) is 0 Å². The van der Waals surface area contributed by atoms with Crippen LogP contribution in [0.4, 0.5) is 0 Å². The molecule has 0 spiro atoms. The number of nitrogens with zero attached hydrogens (tertiary/aromatic N) is 3. The monoisotopic (exact) mass is 322 g/mol. The lowest BCUT2D eigenvalue weighted by atomic mass is 10.1. The summed E-state index contributed by atoms with van der Waals surface area (Å²) in [5, 5.41) is 2.90. The smallest absolute Gasteiger partial charge is 0.251 e.